The van der Waals surface area contributed by atoms with Crippen LogP contribution >= 0.6 is 0 Å². The molecule has 0 bridgehead atoms. The highest BCUT2D eigenvalue weighted by Crippen LogP contribution is 2.24. The van der Waals surface area contributed by atoms with Gasteiger partial charge < -0.3 is 5.32 Å². The number of rotatable bonds is 5. The van der Waals surface area contributed by atoms with Gasteiger partial charge in [-0.05, 0) is 71.7 Å². The van der Waals surface area contributed by atoms with E-state index >= 15 is 0 Å². The first-order chi connectivity index (χ1) is 14.4. The molecule has 1 fully saturated rings. The van der Waals surface area contributed by atoms with Crippen molar-refractivity contribution in [1.82, 2.24) is 24.5 Å². The number of hydrogen-bond acceptors (Lipinski definition) is 6. The maximum absolute atomic E-state index is 12.8. The van der Waals surface area contributed by atoms with Crippen LogP contribution in [0.25, 0.3) is 5.69 Å². The molecule has 0 unspecified atom stereocenters. The number of carbonyl (C=O) groups is 1. The van der Waals surface area contributed by atoms with Crippen LogP contribution < -0.4 is 5.32 Å². The molecule has 10 heteroatoms. The van der Waals surface area contributed by atoms with Crippen molar-refractivity contribution in [3.05, 3.63) is 60.4 Å². The summed E-state index contributed by atoms with van der Waals surface area (Å²) in [7, 11) is -3.54. The van der Waals surface area contributed by atoms with Crippen LogP contribution in [0.5, 0.6) is 0 Å². The Kier molecular flexibility index (Phi) is 5.60. The van der Waals surface area contributed by atoms with Gasteiger partial charge in [0, 0.05) is 24.3 Å². The molecular weight excluding hydrogens is 404 g/mol. The second-order valence-corrected chi connectivity index (χ2v) is 9.31. The summed E-state index contributed by atoms with van der Waals surface area (Å²) in [5.41, 5.74) is 1.65. The third kappa shape index (κ3) is 4.24. The van der Waals surface area contributed by atoms with E-state index in [-0.39, 0.29) is 10.8 Å². The van der Waals surface area contributed by atoms with Crippen molar-refractivity contribution in [2.24, 2.45) is 5.92 Å². The van der Waals surface area contributed by atoms with Gasteiger partial charge in [0.2, 0.25) is 10.0 Å². The summed E-state index contributed by atoms with van der Waals surface area (Å²) in [6.45, 7) is 3.20. The molecule has 0 aliphatic carbocycles. The predicted octanol–water partition coefficient (Wildman–Crippen LogP) is 2.34. The lowest BCUT2D eigenvalue weighted by Gasteiger charge is -2.29. The Morgan fingerprint density at radius 2 is 1.83 bits per heavy atom. The summed E-state index contributed by atoms with van der Waals surface area (Å²) in [6, 6.07) is 13.1. The third-order valence-electron chi connectivity index (χ3n) is 5.21. The quantitative estimate of drug-likeness (QED) is 0.671. The zero-order valence-electron chi connectivity index (χ0n) is 16.5. The predicted molar refractivity (Wildman–Crippen MR) is 111 cm³/mol. The van der Waals surface area contributed by atoms with Gasteiger partial charge in [0.15, 0.2) is 0 Å². The number of sulfonamides is 1. The third-order valence-corrected chi connectivity index (χ3v) is 7.13. The number of nitrogens with one attached hydrogen (secondary N) is 1. The van der Waals surface area contributed by atoms with Crippen LogP contribution in [-0.4, -0.2) is 51.9 Å². The zero-order chi connectivity index (χ0) is 21.1. The molecule has 4 rings (SSSR count). The molecule has 1 N–H and O–H groups in total. The first-order valence-corrected chi connectivity index (χ1v) is 11.1. The molecule has 0 atom stereocenters. The molecule has 0 radical (unpaired) electrons. The first-order valence-electron chi connectivity index (χ1n) is 9.68. The highest BCUT2D eigenvalue weighted by Gasteiger charge is 2.28. The second-order valence-electron chi connectivity index (χ2n) is 7.37. The van der Waals surface area contributed by atoms with E-state index in [1.54, 1.807) is 18.2 Å². The van der Waals surface area contributed by atoms with Gasteiger partial charge >= 0.3 is 0 Å². The maximum Gasteiger partial charge on any atom is 0.255 e. The number of piperidine rings is 1. The van der Waals surface area contributed by atoms with Gasteiger partial charge in [0.25, 0.3) is 5.91 Å². The summed E-state index contributed by atoms with van der Waals surface area (Å²) in [4.78, 5) is 12.8. The lowest BCUT2D eigenvalue weighted by atomic mass is 10.0. The van der Waals surface area contributed by atoms with E-state index in [1.165, 1.54) is 39.6 Å². The molecule has 3 aromatic rings. The Morgan fingerprint density at radius 3 is 2.50 bits per heavy atom. The number of carbonyl (C=O) groups excluding carboxylic acids is 1. The Morgan fingerprint density at radius 1 is 1.10 bits per heavy atom. The van der Waals surface area contributed by atoms with Crippen LogP contribution in [0.1, 0.15) is 30.1 Å². The number of benzene rings is 2. The van der Waals surface area contributed by atoms with E-state index in [0.717, 1.165) is 12.8 Å². The van der Waals surface area contributed by atoms with E-state index in [0.29, 0.717) is 35.9 Å². The monoisotopic (exact) mass is 426 g/mol. The summed E-state index contributed by atoms with van der Waals surface area (Å²) >= 11 is 0. The Labute approximate surface area is 174 Å². The standard InChI is InChI=1S/C20H22N6O3S/c1-15-9-11-25(12-10-15)30(28,29)19-7-5-16(6-8-19)20(27)22-17-3-2-4-18(13-17)26-14-21-23-24-26/h2-8,13-15H,9-12H2,1H3,(H,22,27). The van der Waals surface area contributed by atoms with Crippen molar-refractivity contribution in [2.75, 3.05) is 18.4 Å². The van der Waals surface area contributed by atoms with Crippen LogP contribution in [0.15, 0.2) is 59.8 Å². The Hall–Kier alpha value is -3.11. The van der Waals surface area contributed by atoms with Crippen molar-refractivity contribution in [1.29, 1.82) is 0 Å². The molecule has 1 saturated heterocycles. The summed E-state index contributed by atoms with van der Waals surface area (Å²) in [5.74, 6) is 0.210. The highest BCUT2D eigenvalue weighted by molar-refractivity contribution is 7.89. The SMILES string of the molecule is CC1CCN(S(=O)(=O)c2ccc(C(=O)Nc3cccc(-n4cnnn4)c3)cc2)CC1. The van der Waals surface area contributed by atoms with Gasteiger partial charge in [0.05, 0.1) is 10.6 Å². The van der Waals surface area contributed by atoms with Crippen LogP contribution in [0.2, 0.25) is 0 Å². The van der Waals surface area contributed by atoms with Crippen LogP contribution in [0.4, 0.5) is 5.69 Å². The van der Waals surface area contributed by atoms with Crippen molar-refractivity contribution < 1.29 is 13.2 Å². The highest BCUT2D eigenvalue weighted by atomic mass is 32.2. The van der Waals surface area contributed by atoms with Gasteiger partial charge in [-0.3, -0.25) is 4.79 Å². The molecule has 0 saturated carbocycles. The number of hydrogen-bond donors (Lipinski definition) is 1. The fraction of sp³-hybridized carbons (Fsp3) is 0.300. The minimum absolute atomic E-state index is 0.203. The lowest BCUT2D eigenvalue weighted by molar-refractivity contribution is 0.102. The fourth-order valence-corrected chi connectivity index (χ4v) is 4.83. The summed E-state index contributed by atoms with van der Waals surface area (Å²) in [5, 5.41) is 13.8. The van der Waals surface area contributed by atoms with Crippen LogP contribution in [0.3, 0.4) is 0 Å². The molecule has 156 valence electrons. The number of tetrazole rings is 1. The van der Waals surface area contributed by atoms with Crippen LogP contribution in [-0.2, 0) is 10.0 Å². The summed E-state index contributed by atoms with van der Waals surface area (Å²) in [6.07, 6.45) is 3.19. The zero-order valence-corrected chi connectivity index (χ0v) is 17.3. The minimum atomic E-state index is -3.54. The molecule has 2 aromatic carbocycles. The molecule has 1 aliphatic rings. The van der Waals surface area contributed by atoms with Gasteiger partial charge in [-0.25, -0.2) is 13.1 Å². The normalized spacial score (nSPS) is 15.8. The number of aromatic nitrogens is 4. The van der Waals surface area contributed by atoms with E-state index in [1.807, 2.05) is 6.07 Å². The molecule has 0 spiro atoms. The average Bonchev–Trinajstić information content (AvgIpc) is 3.29. The molecule has 1 aromatic heterocycles. The number of nitrogens with zero attached hydrogens (tertiary/aromatic N) is 5. The van der Waals surface area contributed by atoms with E-state index < -0.39 is 10.0 Å². The fourth-order valence-electron chi connectivity index (χ4n) is 3.36. The molecule has 30 heavy (non-hydrogen) atoms. The molecule has 2 heterocycles. The number of amides is 1. The van der Waals surface area contributed by atoms with E-state index in [2.05, 4.69) is 27.8 Å². The average molecular weight is 427 g/mol. The Bertz CT molecular complexity index is 1120. The van der Waals surface area contributed by atoms with Gasteiger partial charge in [-0.2, -0.15) is 4.31 Å². The van der Waals surface area contributed by atoms with E-state index in [4.69, 9.17) is 0 Å². The topological polar surface area (TPSA) is 110 Å². The number of anilines is 1. The van der Waals surface area contributed by atoms with Crippen molar-refractivity contribution >= 4 is 21.6 Å². The van der Waals surface area contributed by atoms with Crippen LogP contribution in [0, 0.1) is 5.92 Å². The van der Waals surface area contributed by atoms with Gasteiger partial charge in [0.1, 0.15) is 6.33 Å². The van der Waals surface area contributed by atoms with Gasteiger partial charge in [-0.15, -0.1) is 5.10 Å². The second kappa shape index (κ2) is 8.33. The smallest absolute Gasteiger partial charge is 0.255 e. The van der Waals surface area contributed by atoms with Crippen molar-refractivity contribution in [3.63, 3.8) is 0 Å². The molecule has 9 nitrogen and oxygen atoms in total. The molecular formula is C20H22N6O3S. The maximum atomic E-state index is 12.8. The lowest BCUT2D eigenvalue weighted by Crippen LogP contribution is -2.37. The van der Waals surface area contributed by atoms with E-state index in [9.17, 15) is 13.2 Å². The van der Waals surface area contributed by atoms with Gasteiger partial charge in [-0.1, -0.05) is 13.0 Å². The molecule has 1 aliphatic heterocycles. The first kappa shape index (κ1) is 20.2. The summed E-state index contributed by atoms with van der Waals surface area (Å²) < 4.78 is 28.6. The largest absolute Gasteiger partial charge is 0.322 e. The van der Waals surface area contributed by atoms with Crippen molar-refractivity contribution in [2.45, 2.75) is 24.7 Å². The molecule has 1 amide bonds. The van der Waals surface area contributed by atoms with Crippen molar-refractivity contribution in [3.8, 4) is 5.69 Å². The Balaban J connectivity index is 1.46. The minimum Gasteiger partial charge on any atom is -0.322 e.